The Kier molecular flexibility index (Phi) is 6.19. The van der Waals surface area contributed by atoms with E-state index in [1.807, 2.05) is 0 Å². The minimum Gasteiger partial charge on any atom is -0.244 e. The lowest BCUT2D eigenvalue weighted by atomic mass is 10.4. The highest BCUT2D eigenvalue weighted by Gasteiger charge is 2.57. The normalized spacial score (nSPS) is 13.3. The summed E-state index contributed by atoms with van der Waals surface area (Å²) in [5, 5.41) is 0. The third kappa shape index (κ3) is 10.2. The second-order valence-electron chi connectivity index (χ2n) is 2.12. The van der Waals surface area contributed by atoms with Crippen LogP contribution in [-0.4, -0.2) is 23.4 Å². The molecule has 0 aliphatic rings. The molecule has 0 atom stereocenters. The first-order chi connectivity index (χ1) is 5.81. The van der Waals surface area contributed by atoms with Gasteiger partial charge in [0.15, 0.2) is 6.67 Å². The average molecular weight is 269 g/mol. The first-order valence-corrected chi connectivity index (χ1v) is 3.64. The molecule has 0 aromatic rings. The van der Waals surface area contributed by atoms with Crippen LogP contribution >= 0.6 is 23.2 Å². The highest BCUT2D eigenvalue weighted by atomic mass is 35.5. The first kappa shape index (κ1) is 16.5. The van der Waals surface area contributed by atoms with E-state index in [0.717, 1.165) is 6.92 Å². The van der Waals surface area contributed by atoms with Crippen molar-refractivity contribution < 1.29 is 30.7 Å². The van der Waals surface area contributed by atoms with E-state index < -0.39 is 23.4 Å². The quantitative estimate of drug-likeness (QED) is 0.492. The molecule has 0 radical (unpaired) electrons. The molecule has 0 spiro atoms. The number of rotatable bonds is 1. The lowest BCUT2D eigenvalue weighted by molar-refractivity contribution is -0.286. The molecule has 0 aromatic carbocycles. The fourth-order valence-electron chi connectivity index (χ4n) is 0.0758. The van der Waals surface area contributed by atoms with E-state index in [-0.39, 0.29) is 0 Å². The van der Waals surface area contributed by atoms with E-state index in [1.54, 1.807) is 0 Å². The predicted molar refractivity (Wildman–Crippen MR) is 38.2 cm³/mol. The summed E-state index contributed by atoms with van der Waals surface area (Å²) in [5.41, 5.74) is 0. The van der Waals surface area contributed by atoms with Crippen LogP contribution in [0.3, 0.4) is 0 Å². The summed E-state index contributed by atoms with van der Waals surface area (Å²) in [4.78, 5) is 0. The van der Waals surface area contributed by atoms with Crippen molar-refractivity contribution in [2.75, 3.05) is 6.67 Å². The van der Waals surface area contributed by atoms with Crippen molar-refractivity contribution in [2.24, 2.45) is 0 Å². The third-order valence-electron chi connectivity index (χ3n) is 0.583. The lowest BCUT2D eigenvalue weighted by Gasteiger charge is -2.14. The van der Waals surface area contributed by atoms with E-state index in [9.17, 15) is 30.7 Å². The van der Waals surface area contributed by atoms with Crippen LogP contribution in [-0.2, 0) is 0 Å². The Hall–Kier alpha value is 0.0900. The van der Waals surface area contributed by atoms with Gasteiger partial charge < -0.3 is 0 Å². The van der Waals surface area contributed by atoms with E-state index in [2.05, 4.69) is 23.2 Å². The van der Waals surface area contributed by atoms with Gasteiger partial charge in [0.1, 0.15) is 0 Å². The van der Waals surface area contributed by atoms with Crippen LogP contribution in [0, 0.1) is 0 Å². The zero-order chi connectivity index (χ0) is 12.2. The molecule has 0 saturated heterocycles. The molecule has 0 N–H and O–H groups in total. The first-order valence-electron chi connectivity index (χ1n) is 2.88. The van der Waals surface area contributed by atoms with Crippen molar-refractivity contribution in [3.05, 3.63) is 0 Å². The Morgan fingerprint density at radius 3 is 1.14 bits per heavy atom. The van der Waals surface area contributed by atoms with Crippen molar-refractivity contribution in [3.63, 3.8) is 0 Å². The summed E-state index contributed by atoms with van der Waals surface area (Å²) >= 11 is 9.26. The number of halogens is 9. The molecule has 0 saturated carbocycles. The van der Waals surface area contributed by atoms with Gasteiger partial charge in [-0.05, 0) is 6.92 Å². The fraction of sp³-hybridized carbons (Fsp3) is 1.00. The summed E-state index contributed by atoms with van der Waals surface area (Å²) in [6.07, 6.45) is -5.76. The van der Waals surface area contributed by atoms with Gasteiger partial charge in [-0.15, -0.1) is 0 Å². The van der Waals surface area contributed by atoms with Crippen LogP contribution in [0.25, 0.3) is 0 Å². The largest absolute Gasteiger partial charge is 0.456 e. The van der Waals surface area contributed by atoms with Gasteiger partial charge in [0.25, 0.3) is 4.59 Å². The summed E-state index contributed by atoms with van der Waals surface area (Å²) in [6, 6.07) is 0. The summed E-state index contributed by atoms with van der Waals surface area (Å²) in [6.45, 7) is -1.65. The number of alkyl halides is 9. The van der Waals surface area contributed by atoms with Gasteiger partial charge >= 0.3 is 12.1 Å². The Labute approximate surface area is 85.0 Å². The van der Waals surface area contributed by atoms with Gasteiger partial charge in [-0.25, -0.2) is 8.78 Å². The molecule has 0 fully saturated rings. The molecule has 9 heteroatoms. The molecular formula is C5H5Cl2F7. The minimum absolute atomic E-state index is 1.05. The molecule has 0 aromatic heterocycles. The highest BCUT2D eigenvalue weighted by molar-refractivity contribution is 6.46. The van der Waals surface area contributed by atoms with Crippen molar-refractivity contribution in [1.29, 1.82) is 0 Å². The second kappa shape index (κ2) is 5.25. The van der Waals surface area contributed by atoms with Crippen LogP contribution in [0.4, 0.5) is 30.7 Å². The molecule has 0 heterocycles. The Bertz CT molecular complexity index is 152. The lowest BCUT2D eigenvalue weighted by Crippen LogP contribution is -2.38. The topological polar surface area (TPSA) is 0 Å². The second-order valence-corrected chi connectivity index (χ2v) is 3.73. The summed E-state index contributed by atoms with van der Waals surface area (Å²) in [5.74, 6) is -5.19. The molecule has 0 nitrogen and oxygen atoms in total. The van der Waals surface area contributed by atoms with Gasteiger partial charge in [0.05, 0.1) is 0 Å². The minimum atomic E-state index is -5.76. The van der Waals surface area contributed by atoms with Crippen LogP contribution in [0.15, 0.2) is 0 Å². The summed E-state index contributed by atoms with van der Waals surface area (Å²) in [7, 11) is 0. The Morgan fingerprint density at radius 1 is 0.929 bits per heavy atom. The van der Waals surface area contributed by atoms with Gasteiger partial charge in [-0.1, -0.05) is 23.2 Å². The van der Waals surface area contributed by atoms with E-state index in [1.165, 1.54) is 0 Å². The third-order valence-corrected chi connectivity index (χ3v) is 0.583. The monoisotopic (exact) mass is 268 g/mol. The molecule has 14 heavy (non-hydrogen) atoms. The smallest absolute Gasteiger partial charge is 0.244 e. The van der Waals surface area contributed by atoms with E-state index >= 15 is 0 Å². The van der Waals surface area contributed by atoms with Gasteiger partial charge in [-0.3, -0.25) is 0 Å². The number of hydrogen-bond acceptors (Lipinski definition) is 0. The molecule has 0 aliphatic heterocycles. The zero-order valence-corrected chi connectivity index (χ0v) is 8.12. The molecule has 88 valence electrons. The van der Waals surface area contributed by atoms with Crippen molar-refractivity contribution in [2.45, 2.75) is 23.6 Å². The van der Waals surface area contributed by atoms with Crippen molar-refractivity contribution in [3.8, 4) is 0 Å². The standard InChI is InChI=1S/C3H2F6.C2H3Cl2F/c4-1-2(5,6)3(7,8)9;1-2(3,4)5/h1H2;1H3. The van der Waals surface area contributed by atoms with Crippen molar-refractivity contribution in [1.82, 2.24) is 0 Å². The zero-order valence-electron chi connectivity index (χ0n) is 6.61. The molecule has 0 unspecified atom stereocenters. The van der Waals surface area contributed by atoms with Gasteiger partial charge in [0, 0.05) is 0 Å². The van der Waals surface area contributed by atoms with Crippen LogP contribution in [0.1, 0.15) is 6.92 Å². The molecule has 0 amide bonds. The summed E-state index contributed by atoms with van der Waals surface area (Å²) < 4.78 is 74.8. The maximum atomic E-state index is 11.2. The maximum absolute atomic E-state index is 11.2. The molecule has 0 aliphatic carbocycles. The van der Waals surface area contributed by atoms with Gasteiger partial charge in [-0.2, -0.15) is 22.0 Å². The van der Waals surface area contributed by atoms with Crippen LogP contribution in [0.2, 0.25) is 0 Å². The van der Waals surface area contributed by atoms with Crippen molar-refractivity contribution >= 4 is 23.2 Å². The highest BCUT2D eigenvalue weighted by Crippen LogP contribution is 2.35. The average Bonchev–Trinajstić information content (AvgIpc) is 1.81. The van der Waals surface area contributed by atoms with E-state index in [0.29, 0.717) is 0 Å². The number of hydrogen-bond donors (Lipinski definition) is 0. The van der Waals surface area contributed by atoms with Crippen LogP contribution in [0.5, 0.6) is 0 Å². The molecule has 0 rings (SSSR count). The predicted octanol–water partition coefficient (Wildman–Crippen LogP) is 4.26. The fourth-order valence-corrected chi connectivity index (χ4v) is 0.0758. The van der Waals surface area contributed by atoms with Gasteiger partial charge in [0.2, 0.25) is 0 Å². The Balaban J connectivity index is 0. The van der Waals surface area contributed by atoms with Crippen LogP contribution < -0.4 is 0 Å². The maximum Gasteiger partial charge on any atom is 0.456 e. The SMILES string of the molecule is CC(F)(Cl)Cl.FCC(F)(F)C(F)(F)F. The van der Waals surface area contributed by atoms with E-state index in [4.69, 9.17) is 0 Å². The Morgan fingerprint density at radius 2 is 1.14 bits per heavy atom. The molecular weight excluding hydrogens is 264 g/mol. The molecule has 0 bridgehead atoms.